The number of thioether (sulfide) groups is 2. The highest BCUT2D eigenvalue weighted by Gasteiger charge is 2.39. The van der Waals surface area contributed by atoms with Crippen LogP contribution in [0, 0.1) is 5.82 Å². The van der Waals surface area contributed by atoms with Gasteiger partial charge in [0.05, 0.1) is 15.4 Å². The largest absolute Gasteiger partial charge is 0.288 e. The molecular weight excluding hydrogens is 283 g/mol. The topological polar surface area (TPSA) is 34.1 Å². The van der Waals surface area contributed by atoms with Gasteiger partial charge in [0.1, 0.15) is 5.82 Å². The molecule has 2 nitrogen and oxygen atoms in total. The lowest BCUT2D eigenvalue weighted by Gasteiger charge is -1.99. The van der Waals surface area contributed by atoms with Crippen molar-refractivity contribution in [1.29, 1.82) is 0 Å². The summed E-state index contributed by atoms with van der Waals surface area (Å²) in [4.78, 5) is 26.7. The average Bonchev–Trinajstić information content (AvgIpc) is 2.80. The molecule has 1 aromatic carbocycles. The quantitative estimate of drug-likeness (QED) is 0.531. The second-order valence-corrected chi connectivity index (χ2v) is 7.01. The Morgan fingerprint density at radius 1 is 1.00 bits per heavy atom. The number of allylic oxidation sites excluding steroid dienone is 3. The first-order chi connectivity index (χ1) is 9.00. The highest BCUT2D eigenvalue weighted by Crippen LogP contribution is 2.51. The number of carbonyl (C=O) groups is 2. The monoisotopic (exact) mass is 292 g/mol. The van der Waals surface area contributed by atoms with E-state index in [4.69, 9.17) is 0 Å². The van der Waals surface area contributed by atoms with Gasteiger partial charge in [-0.15, -0.1) is 0 Å². The minimum Gasteiger partial charge on any atom is -0.288 e. The number of benzene rings is 1. The molecule has 0 saturated heterocycles. The Morgan fingerprint density at radius 2 is 1.63 bits per heavy atom. The Balaban J connectivity index is 2.15. The third-order valence-electron chi connectivity index (χ3n) is 3.13. The third kappa shape index (κ3) is 1.80. The minimum absolute atomic E-state index is 0.0848. The van der Waals surface area contributed by atoms with Gasteiger partial charge in [0.25, 0.3) is 0 Å². The predicted molar refractivity (Wildman–Crippen MR) is 75.6 cm³/mol. The van der Waals surface area contributed by atoms with E-state index in [0.29, 0.717) is 4.24 Å². The summed E-state index contributed by atoms with van der Waals surface area (Å²) >= 11 is 2.83. The van der Waals surface area contributed by atoms with Crippen LogP contribution in [-0.4, -0.2) is 11.6 Å². The molecule has 96 valence electrons. The van der Waals surface area contributed by atoms with Gasteiger partial charge in [-0.3, -0.25) is 9.59 Å². The molecule has 0 N–H and O–H groups in total. The molecule has 1 aromatic rings. The summed E-state index contributed by atoms with van der Waals surface area (Å²) in [5.41, 5.74) is 0.209. The van der Waals surface area contributed by atoms with Crippen molar-refractivity contribution in [2.75, 3.05) is 0 Å². The number of fused-ring (bicyclic) bond motifs is 1. The van der Waals surface area contributed by atoms with Crippen molar-refractivity contribution in [1.82, 2.24) is 0 Å². The molecule has 1 aliphatic carbocycles. The van der Waals surface area contributed by atoms with E-state index >= 15 is 0 Å². The summed E-state index contributed by atoms with van der Waals surface area (Å²) in [5, 5.41) is 0. The minimum atomic E-state index is -0.624. The number of rotatable bonds is 0. The summed E-state index contributed by atoms with van der Waals surface area (Å²) in [6, 6.07) is 4.17. The smallest absolute Gasteiger partial charge is 0.202 e. The van der Waals surface area contributed by atoms with Gasteiger partial charge in [-0.25, -0.2) is 4.39 Å². The molecule has 0 atom stereocenters. The summed E-state index contributed by atoms with van der Waals surface area (Å²) in [6.07, 6.45) is 0. The van der Waals surface area contributed by atoms with Crippen LogP contribution in [0.5, 0.6) is 0 Å². The Kier molecular flexibility index (Phi) is 2.91. The molecule has 0 fully saturated rings. The third-order valence-corrected chi connectivity index (χ3v) is 5.76. The van der Waals surface area contributed by atoms with E-state index in [0.717, 1.165) is 9.81 Å². The molecule has 0 aromatic heterocycles. The van der Waals surface area contributed by atoms with Crippen molar-refractivity contribution in [2.45, 2.75) is 13.8 Å². The maximum atomic E-state index is 13.7. The number of halogens is 1. The second-order valence-electron chi connectivity index (χ2n) is 4.30. The lowest BCUT2D eigenvalue weighted by molar-refractivity contribution is 0.0988. The van der Waals surface area contributed by atoms with E-state index in [9.17, 15) is 14.0 Å². The first-order valence-corrected chi connectivity index (χ1v) is 7.29. The molecule has 1 heterocycles. The van der Waals surface area contributed by atoms with Gasteiger partial charge in [0, 0.05) is 5.56 Å². The van der Waals surface area contributed by atoms with E-state index in [1.165, 1.54) is 41.7 Å². The van der Waals surface area contributed by atoms with Gasteiger partial charge in [-0.05, 0) is 29.7 Å². The number of hydrogen-bond acceptors (Lipinski definition) is 4. The molecule has 19 heavy (non-hydrogen) atoms. The first-order valence-electron chi connectivity index (χ1n) is 5.66. The number of hydrogen-bond donors (Lipinski definition) is 0. The van der Waals surface area contributed by atoms with Gasteiger partial charge in [0.2, 0.25) is 5.78 Å². The molecule has 0 bridgehead atoms. The fourth-order valence-electron chi connectivity index (χ4n) is 2.04. The lowest BCUT2D eigenvalue weighted by atomic mass is 10.1. The molecule has 0 radical (unpaired) electrons. The van der Waals surface area contributed by atoms with Crippen molar-refractivity contribution in [2.24, 2.45) is 0 Å². The Labute approximate surface area is 118 Å². The first kappa shape index (κ1) is 12.7. The highest BCUT2D eigenvalue weighted by atomic mass is 32.2. The van der Waals surface area contributed by atoms with Crippen LogP contribution >= 0.6 is 23.5 Å². The van der Waals surface area contributed by atoms with Crippen LogP contribution in [0.15, 0.2) is 37.8 Å². The average molecular weight is 292 g/mol. The SMILES string of the molecule is CC1=C(C)SC(=C2C(=O)c3cccc(F)c3C2=O)S1. The zero-order valence-corrected chi connectivity index (χ0v) is 11.9. The van der Waals surface area contributed by atoms with Gasteiger partial charge in [-0.2, -0.15) is 0 Å². The van der Waals surface area contributed by atoms with Gasteiger partial charge in [-0.1, -0.05) is 35.7 Å². The van der Waals surface area contributed by atoms with E-state index < -0.39 is 11.6 Å². The second kappa shape index (κ2) is 4.35. The Morgan fingerprint density at radius 3 is 2.21 bits per heavy atom. The summed E-state index contributed by atoms with van der Waals surface area (Å²) < 4.78 is 14.4. The number of carbonyl (C=O) groups excluding carboxylic acids is 2. The van der Waals surface area contributed by atoms with Crippen LogP contribution in [0.2, 0.25) is 0 Å². The van der Waals surface area contributed by atoms with Crippen LogP contribution < -0.4 is 0 Å². The zero-order valence-electron chi connectivity index (χ0n) is 10.2. The van der Waals surface area contributed by atoms with Crippen LogP contribution in [0.25, 0.3) is 0 Å². The lowest BCUT2D eigenvalue weighted by Crippen LogP contribution is -2.02. The van der Waals surface area contributed by atoms with Crippen LogP contribution in [-0.2, 0) is 0 Å². The van der Waals surface area contributed by atoms with Crippen molar-refractivity contribution in [3.63, 3.8) is 0 Å². The zero-order chi connectivity index (χ0) is 13.7. The molecule has 0 amide bonds. The Hall–Kier alpha value is -1.33. The van der Waals surface area contributed by atoms with Gasteiger partial charge < -0.3 is 0 Å². The van der Waals surface area contributed by atoms with E-state index in [1.807, 2.05) is 13.8 Å². The maximum absolute atomic E-state index is 13.7. The molecule has 2 aliphatic rings. The number of Topliss-reactive ketones (excluding diaryl/α,β-unsaturated/α-hetero) is 2. The summed E-state index contributed by atoms with van der Waals surface area (Å²) in [5.74, 6) is -1.48. The molecule has 0 saturated carbocycles. The standard InChI is InChI=1S/C14H9FO2S2/c1-6-7(2)19-14(18-6)11-12(16)8-4-3-5-9(15)10(8)13(11)17/h3-5H,1-2H3. The van der Waals surface area contributed by atoms with Crippen LogP contribution in [0.3, 0.4) is 0 Å². The maximum Gasteiger partial charge on any atom is 0.202 e. The highest BCUT2D eigenvalue weighted by molar-refractivity contribution is 8.28. The van der Waals surface area contributed by atoms with Gasteiger partial charge in [0.15, 0.2) is 5.78 Å². The van der Waals surface area contributed by atoms with E-state index in [1.54, 1.807) is 0 Å². The van der Waals surface area contributed by atoms with Crippen LogP contribution in [0.1, 0.15) is 34.6 Å². The van der Waals surface area contributed by atoms with Crippen molar-refractivity contribution in [3.8, 4) is 0 Å². The molecule has 3 rings (SSSR count). The molecule has 0 spiro atoms. The molecule has 5 heteroatoms. The van der Waals surface area contributed by atoms with E-state index in [-0.39, 0.29) is 22.5 Å². The Bertz CT molecular complexity index is 685. The fourth-order valence-corrected chi connectivity index (χ4v) is 4.62. The van der Waals surface area contributed by atoms with Crippen molar-refractivity contribution in [3.05, 3.63) is 54.8 Å². The predicted octanol–water partition coefficient (Wildman–Crippen LogP) is 4.15. The fraction of sp³-hybridized carbons (Fsp3) is 0.143. The van der Waals surface area contributed by atoms with Crippen LogP contribution in [0.4, 0.5) is 4.39 Å². The number of ketones is 2. The molecular formula is C14H9FO2S2. The normalized spacial score (nSPS) is 18.7. The molecule has 0 unspecified atom stereocenters. The molecule has 1 aliphatic heterocycles. The summed E-state index contributed by atoms with van der Waals surface area (Å²) in [6.45, 7) is 3.89. The van der Waals surface area contributed by atoms with Crippen molar-refractivity contribution >= 4 is 35.1 Å². The van der Waals surface area contributed by atoms with Gasteiger partial charge >= 0.3 is 0 Å². The van der Waals surface area contributed by atoms with Crippen molar-refractivity contribution < 1.29 is 14.0 Å². The summed E-state index contributed by atoms with van der Waals surface area (Å²) in [7, 11) is 0. The van der Waals surface area contributed by atoms with E-state index in [2.05, 4.69) is 0 Å².